The Kier molecular flexibility index (Phi) is 3.88. The Morgan fingerprint density at radius 2 is 2.36 bits per heavy atom. The molecule has 1 saturated heterocycles. The molecule has 0 aromatic carbocycles. The zero-order valence-electron chi connectivity index (χ0n) is 8.16. The van der Waals surface area contributed by atoms with Crippen LogP contribution in [0.3, 0.4) is 0 Å². The van der Waals surface area contributed by atoms with Crippen molar-refractivity contribution in [3.63, 3.8) is 0 Å². The summed E-state index contributed by atoms with van der Waals surface area (Å²) in [5.74, 6) is -1.64. The third-order valence-corrected chi connectivity index (χ3v) is 2.30. The van der Waals surface area contributed by atoms with Crippen LogP contribution in [0.2, 0.25) is 0 Å². The largest absolute Gasteiger partial charge is 0.481 e. The summed E-state index contributed by atoms with van der Waals surface area (Å²) in [7, 11) is 0. The number of ether oxygens (including phenoxy) is 1. The first-order valence-electron chi connectivity index (χ1n) is 4.69. The van der Waals surface area contributed by atoms with Gasteiger partial charge in [0.05, 0.1) is 18.4 Å². The summed E-state index contributed by atoms with van der Waals surface area (Å²) in [6, 6.07) is 0. The fourth-order valence-electron chi connectivity index (χ4n) is 1.23. The van der Waals surface area contributed by atoms with Gasteiger partial charge in [-0.2, -0.15) is 0 Å². The fourth-order valence-corrected chi connectivity index (χ4v) is 1.23. The standard InChI is InChI=1S/C9H15NO4/c1-6(9(12)13)4-10-8(11)7-2-3-14-5-7/h6-7H,2-5H2,1H3,(H,10,11)(H,12,13). The summed E-state index contributed by atoms with van der Waals surface area (Å²) in [4.78, 5) is 21.8. The van der Waals surface area contributed by atoms with Crippen molar-refractivity contribution >= 4 is 11.9 Å². The summed E-state index contributed by atoms with van der Waals surface area (Å²) in [5, 5.41) is 11.2. The predicted molar refractivity (Wildman–Crippen MR) is 48.7 cm³/mol. The van der Waals surface area contributed by atoms with E-state index >= 15 is 0 Å². The van der Waals surface area contributed by atoms with Crippen LogP contribution in [-0.4, -0.2) is 36.7 Å². The van der Waals surface area contributed by atoms with Gasteiger partial charge >= 0.3 is 5.97 Å². The van der Waals surface area contributed by atoms with Gasteiger partial charge in [-0.15, -0.1) is 0 Å². The highest BCUT2D eigenvalue weighted by atomic mass is 16.5. The van der Waals surface area contributed by atoms with Crippen LogP contribution in [0.5, 0.6) is 0 Å². The maximum absolute atomic E-state index is 11.4. The summed E-state index contributed by atoms with van der Waals surface area (Å²) in [6.45, 7) is 2.82. The molecule has 1 rings (SSSR count). The van der Waals surface area contributed by atoms with Crippen molar-refractivity contribution in [3.8, 4) is 0 Å². The average Bonchev–Trinajstić information content (AvgIpc) is 2.66. The van der Waals surface area contributed by atoms with Gasteiger partial charge in [-0.25, -0.2) is 0 Å². The van der Waals surface area contributed by atoms with Crippen molar-refractivity contribution < 1.29 is 19.4 Å². The van der Waals surface area contributed by atoms with Gasteiger partial charge in [0.25, 0.3) is 0 Å². The lowest BCUT2D eigenvalue weighted by molar-refractivity contribution is -0.141. The minimum atomic E-state index is -0.895. The van der Waals surface area contributed by atoms with E-state index in [4.69, 9.17) is 9.84 Å². The zero-order valence-corrected chi connectivity index (χ0v) is 8.16. The summed E-state index contributed by atoms with van der Waals surface area (Å²) >= 11 is 0. The minimum absolute atomic E-state index is 0.101. The molecule has 1 fully saturated rings. The van der Waals surface area contributed by atoms with Crippen LogP contribution in [0.25, 0.3) is 0 Å². The molecule has 0 radical (unpaired) electrons. The van der Waals surface area contributed by atoms with Crippen LogP contribution in [0.15, 0.2) is 0 Å². The van der Waals surface area contributed by atoms with Crippen LogP contribution in [0.1, 0.15) is 13.3 Å². The molecule has 1 aliphatic heterocycles. The van der Waals surface area contributed by atoms with Crippen LogP contribution in [0.4, 0.5) is 0 Å². The first kappa shape index (κ1) is 11.0. The normalized spacial score (nSPS) is 23.1. The fraction of sp³-hybridized carbons (Fsp3) is 0.778. The summed E-state index contributed by atoms with van der Waals surface area (Å²) in [5.41, 5.74) is 0. The van der Waals surface area contributed by atoms with Gasteiger partial charge in [0.15, 0.2) is 0 Å². The number of hydrogen-bond donors (Lipinski definition) is 2. The van der Waals surface area contributed by atoms with Gasteiger partial charge in [0, 0.05) is 13.2 Å². The molecule has 1 aliphatic rings. The van der Waals surface area contributed by atoms with E-state index in [0.29, 0.717) is 13.2 Å². The van der Waals surface area contributed by atoms with Gasteiger partial charge in [-0.1, -0.05) is 6.92 Å². The second kappa shape index (κ2) is 4.95. The molecule has 2 N–H and O–H groups in total. The van der Waals surface area contributed by atoms with Crippen LogP contribution >= 0.6 is 0 Å². The molecule has 14 heavy (non-hydrogen) atoms. The Balaban J connectivity index is 2.23. The van der Waals surface area contributed by atoms with E-state index in [9.17, 15) is 9.59 Å². The van der Waals surface area contributed by atoms with Gasteiger partial charge in [-0.3, -0.25) is 9.59 Å². The van der Waals surface area contributed by atoms with Crippen LogP contribution < -0.4 is 5.32 Å². The smallest absolute Gasteiger partial charge is 0.308 e. The molecule has 5 heteroatoms. The molecule has 80 valence electrons. The number of carboxylic acids is 1. The third-order valence-electron chi connectivity index (χ3n) is 2.30. The molecule has 1 heterocycles. The lowest BCUT2D eigenvalue weighted by Gasteiger charge is -2.11. The monoisotopic (exact) mass is 201 g/mol. The molecule has 0 aromatic rings. The Hall–Kier alpha value is -1.10. The van der Waals surface area contributed by atoms with E-state index in [-0.39, 0.29) is 18.4 Å². The number of nitrogens with one attached hydrogen (secondary N) is 1. The van der Waals surface area contributed by atoms with Crippen molar-refractivity contribution in [2.45, 2.75) is 13.3 Å². The molecule has 5 nitrogen and oxygen atoms in total. The second-order valence-electron chi connectivity index (χ2n) is 3.54. The molecule has 0 saturated carbocycles. The van der Waals surface area contributed by atoms with Crippen molar-refractivity contribution in [2.75, 3.05) is 19.8 Å². The highest BCUT2D eigenvalue weighted by Gasteiger charge is 2.24. The molecular formula is C9H15NO4. The van der Waals surface area contributed by atoms with E-state index in [0.717, 1.165) is 6.42 Å². The Labute approximate surface area is 82.4 Å². The Morgan fingerprint density at radius 1 is 1.64 bits per heavy atom. The molecule has 2 atom stereocenters. The number of hydrogen-bond acceptors (Lipinski definition) is 3. The van der Waals surface area contributed by atoms with E-state index in [1.54, 1.807) is 6.92 Å². The van der Waals surface area contributed by atoms with E-state index in [1.807, 2.05) is 0 Å². The highest BCUT2D eigenvalue weighted by Crippen LogP contribution is 2.11. The van der Waals surface area contributed by atoms with Crippen molar-refractivity contribution in [3.05, 3.63) is 0 Å². The molecule has 0 aromatic heterocycles. The Morgan fingerprint density at radius 3 is 2.86 bits per heavy atom. The lowest BCUT2D eigenvalue weighted by atomic mass is 10.1. The molecular weight excluding hydrogens is 186 g/mol. The zero-order chi connectivity index (χ0) is 10.6. The van der Waals surface area contributed by atoms with Crippen molar-refractivity contribution in [2.24, 2.45) is 11.8 Å². The molecule has 0 aliphatic carbocycles. The number of amides is 1. The second-order valence-corrected chi connectivity index (χ2v) is 3.54. The summed E-state index contributed by atoms with van der Waals surface area (Å²) in [6.07, 6.45) is 0.729. The van der Waals surface area contributed by atoms with Gasteiger partial charge < -0.3 is 15.2 Å². The van der Waals surface area contributed by atoms with Gasteiger partial charge in [-0.05, 0) is 6.42 Å². The number of carbonyl (C=O) groups excluding carboxylic acids is 1. The topological polar surface area (TPSA) is 75.6 Å². The van der Waals surface area contributed by atoms with Gasteiger partial charge in [0.1, 0.15) is 0 Å². The number of carbonyl (C=O) groups is 2. The average molecular weight is 201 g/mol. The highest BCUT2D eigenvalue weighted by molar-refractivity contribution is 5.79. The van der Waals surface area contributed by atoms with E-state index in [1.165, 1.54) is 0 Å². The van der Waals surface area contributed by atoms with Crippen LogP contribution in [-0.2, 0) is 14.3 Å². The molecule has 0 bridgehead atoms. The van der Waals surface area contributed by atoms with Crippen LogP contribution in [0, 0.1) is 11.8 Å². The quantitative estimate of drug-likeness (QED) is 0.663. The van der Waals surface area contributed by atoms with Crippen molar-refractivity contribution in [1.82, 2.24) is 5.32 Å². The maximum Gasteiger partial charge on any atom is 0.308 e. The lowest BCUT2D eigenvalue weighted by Crippen LogP contribution is -2.36. The number of carboxylic acid groups (broad SMARTS) is 1. The predicted octanol–water partition coefficient (Wildman–Crippen LogP) is -0.140. The molecule has 1 amide bonds. The van der Waals surface area contributed by atoms with E-state index < -0.39 is 11.9 Å². The SMILES string of the molecule is CC(CNC(=O)C1CCOC1)C(=O)O. The first-order valence-corrected chi connectivity index (χ1v) is 4.69. The number of aliphatic carboxylic acids is 1. The van der Waals surface area contributed by atoms with Gasteiger partial charge in [0.2, 0.25) is 5.91 Å². The maximum atomic E-state index is 11.4. The first-order chi connectivity index (χ1) is 6.61. The van der Waals surface area contributed by atoms with Crippen molar-refractivity contribution in [1.29, 1.82) is 0 Å². The third kappa shape index (κ3) is 2.99. The summed E-state index contributed by atoms with van der Waals surface area (Å²) < 4.78 is 5.06. The van der Waals surface area contributed by atoms with E-state index in [2.05, 4.69) is 5.32 Å². The molecule has 0 spiro atoms. The Bertz CT molecular complexity index is 223. The minimum Gasteiger partial charge on any atom is -0.481 e. The number of rotatable bonds is 4. The molecule has 2 unspecified atom stereocenters.